The molecule has 5 aliphatic carbocycles. The lowest BCUT2D eigenvalue weighted by atomic mass is 9.53. The molecule has 18 heavy (non-hydrogen) atoms. The molecule has 0 aromatic carbocycles. The van der Waals surface area contributed by atoms with Gasteiger partial charge in [0, 0.05) is 12.1 Å². The van der Waals surface area contributed by atoms with Gasteiger partial charge in [0.05, 0.1) is 5.60 Å². The Hall–Kier alpha value is -0.0800. The fourth-order valence-electron chi connectivity index (χ4n) is 5.89. The van der Waals surface area contributed by atoms with Crippen LogP contribution in [0.5, 0.6) is 0 Å². The Labute approximate surface area is 111 Å². The molecule has 5 saturated carbocycles. The Balaban J connectivity index is 1.44. The van der Waals surface area contributed by atoms with Crippen molar-refractivity contribution in [1.29, 1.82) is 0 Å². The van der Waals surface area contributed by atoms with Gasteiger partial charge in [-0.1, -0.05) is 12.8 Å². The molecule has 0 heterocycles. The molecule has 2 nitrogen and oxygen atoms in total. The minimum Gasteiger partial charge on any atom is -0.389 e. The third-order valence-corrected chi connectivity index (χ3v) is 6.36. The van der Waals surface area contributed by atoms with Gasteiger partial charge in [0.25, 0.3) is 0 Å². The molecule has 102 valence electrons. The summed E-state index contributed by atoms with van der Waals surface area (Å²) in [5.41, 5.74) is 0.0520. The van der Waals surface area contributed by atoms with E-state index in [2.05, 4.69) is 5.32 Å². The maximum Gasteiger partial charge on any atom is 0.0771 e. The number of aliphatic hydroxyl groups is 1. The minimum atomic E-state index is -0.372. The minimum absolute atomic E-state index is 0.372. The van der Waals surface area contributed by atoms with E-state index in [1.165, 1.54) is 51.4 Å². The third-order valence-electron chi connectivity index (χ3n) is 6.36. The molecule has 0 radical (unpaired) electrons. The summed E-state index contributed by atoms with van der Waals surface area (Å²) in [5.74, 6) is 3.01. The largest absolute Gasteiger partial charge is 0.389 e. The number of β-amino-alcohol motifs (C(OH)–C–C–N with tert-alkyl or cyclic N) is 1. The van der Waals surface area contributed by atoms with Gasteiger partial charge in [-0.3, -0.25) is 0 Å². The normalized spacial score (nSPS) is 48.8. The Bertz CT molecular complexity index is 297. The van der Waals surface area contributed by atoms with Crippen molar-refractivity contribution in [2.75, 3.05) is 6.54 Å². The second kappa shape index (κ2) is 3.96. The predicted octanol–water partition coefficient (Wildman–Crippen LogP) is 2.85. The van der Waals surface area contributed by atoms with Crippen LogP contribution in [0.2, 0.25) is 0 Å². The van der Waals surface area contributed by atoms with Crippen LogP contribution in [-0.4, -0.2) is 22.8 Å². The van der Waals surface area contributed by atoms with Crippen LogP contribution < -0.4 is 5.32 Å². The molecular formula is C16H27NO. The lowest BCUT2D eigenvalue weighted by molar-refractivity contribution is -0.0367. The molecule has 0 saturated heterocycles. The second-order valence-electron chi connectivity index (χ2n) is 7.98. The first kappa shape index (κ1) is 11.7. The monoisotopic (exact) mass is 249 g/mol. The van der Waals surface area contributed by atoms with Crippen molar-refractivity contribution in [3.63, 3.8) is 0 Å². The molecular weight excluding hydrogens is 222 g/mol. The molecule has 2 heteroatoms. The fourth-order valence-corrected chi connectivity index (χ4v) is 5.89. The highest BCUT2D eigenvalue weighted by Gasteiger charge is 2.51. The number of hydrogen-bond donors (Lipinski definition) is 2. The smallest absolute Gasteiger partial charge is 0.0771 e. The van der Waals surface area contributed by atoms with Crippen LogP contribution >= 0.6 is 0 Å². The van der Waals surface area contributed by atoms with Gasteiger partial charge in [-0.15, -0.1) is 0 Å². The molecule has 0 aromatic rings. The highest BCUT2D eigenvalue weighted by Crippen LogP contribution is 2.55. The van der Waals surface area contributed by atoms with Crippen molar-refractivity contribution in [2.24, 2.45) is 17.8 Å². The second-order valence-corrected chi connectivity index (χ2v) is 7.98. The van der Waals surface area contributed by atoms with E-state index in [9.17, 15) is 5.11 Å². The molecule has 0 aliphatic heterocycles. The van der Waals surface area contributed by atoms with Gasteiger partial charge in [-0.05, 0) is 69.1 Å². The van der Waals surface area contributed by atoms with Crippen molar-refractivity contribution in [3.05, 3.63) is 0 Å². The highest BCUT2D eigenvalue weighted by atomic mass is 16.3. The van der Waals surface area contributed by atoms with E-state index in [0.29, 0.717) is 5.54 Å². The van der Waals surface area contributed by atoms with Crippen molar-refractivity contribution < 1.29 is 5.11 Å². The average Bonchev–Trinajstić information content (AvgIpc) is 2.73. The van der Waals surface area contributed by atoms with Crippen LogP contribution in [0.15, 0.2) is 0 Å². The third kappa shape index (κ3) is 1.92. The Morgan fingerprint density at radius 1 is 0.889 bits per heavy atom. The zero-order valence-corrected chi connectivity index (χ0v) is 11.5. The molecule has 0 aromatic heterocycles. The molecule has 0 spiro atoms. The van der Waals surface area contributed by atoms with Crippen molar-refractivity contribution in [3.8, 4) is 0 Å². The topological polar surface area (TPSA) is 32.3 Å². The van der Waals surface area contributed by atoms with Gasteiger partial charge < -0.3 is 10.4 Å². The van der Waals surface area contributed by atoms with Crippen LogP contribution in [0, 0.1) is 17.8 Å². The SMILES string of the molecule is OC1(CNC23CC4CC(CC(C4)C2)C3)CCCC1. The van der Waals surface area contributed by atoms with Crippen LogP contribution in [0.1, 0.15) is 64.2 Å². The summed E-state index contributed by atoms with van der Waals surface area (Å²) in [6.07, 6.45) is 13.2. The molecule has 4 bridgehead atoms. The first-order valence-corrected chi connectivity index (χ1v) is 8.12. The van der Waals surface area contributed by atoms with Crippen molar-refractivity contribution in [2.45, 2.75) is 75.3 Å². The summed E-state index contributed by atoms with van der Waals surface area (Å²) in [5, 5.41) is 14.4. The van der Waals surface area contributed by atoms with Gasteiger partial charge in [0.2, 0.25) is 0 Å². The van der Waals surface area contributed by atoms with E-state index in [1.807, 2.05) is 0 Å². The van der Waals surface area contributed by atoms with Gasteiger partial charge in [0.15, 0.2) is 0 Å². The molecule has 0 unspecified atom stereocenters. The van der Waals surface area contributed by atoms with Gasteiger partial charge in [-0.25, -0.2) is 0 Å². The van der Waals surface area contributed by atoms with E-state index in [4.69, 9.17) is 0 Å². The molecule has 0 amide bonds. The van der Waals surface area contributed by atoms with Crippen LogP contribution in [0.4, 0.5) is 0 Å². The Morgan fingerprint density at radius 3 is 1.89 bits per heavy atom. The zero-order chi connectivity index (χ0) is 12.2. The van der Waals surface area contributed by atoms with E-state index >= 15 is 0 Å². The maximum atomic E-state index is 10.5. The number of rotatable bonds is 3. The lowest BCUT2D eigenvalue weighted by Crippen LogP contribution is -2.60. The summed E-state index contributed by atoms with van der Waals surface area (Å²) < 4.78 is 0. The molecule has 5 aliphatic rings. The van der Waals surface area contributed by atoms with E-state index < -0.39 is 0 Å². The van der Waals surface area contributed by atoms with Crippen LogP contribution in [-0.2, 0) is 0 Å². The van der Waals surface area contributed by atoms with E-state index in [1.54, 1.807) is 0 Å². The molecule has 0 atom stereocenters. The van der Waals surface area contributed by atoms with Crippen LogP contribution in [0.3, 0.4) is 0 Å². The maximum absolute atomic E-state index is 10.5. The quantitative estimate of drug-likeness (QED) is 0.806. The highest BCUT2D eigenvalue weighted by molar-refractivity contribution is 5.07. The standard InChI is InChI=1S/C16H27NO/c18-16(3-1-2-4-16)11-17-15-8-12-5-13(9-15)7-14(6-12)10-15/h12-14,17-18H,1-11H2. The summed E-state index contributed by atoms with van der Waals surface area (Å²) in [4.78, 5) is 0. The first-order chi connectivity index (χ1) is 8.65. The average molecular weight is 249 g/mol. The van der Waals surface area contributed by atoms with Crippen molar-refractivity contribution in [1.82, 2.24) is 5.32 Å². The summed E-state index contributed by atoms with van der Waals surface area (Å²) in [6.45, 7) is 0.860. The van der Waals surface area contributed by atoms with Crippen LogP contribution in [0.25, 0.3) is 0 Å². The van der Waals surface area contributed by atoms with Gasteiger partial charge >= 0.3 is 0 Å². The first-order valence-electron chi connectivity index (χ1n) is 8.12. The summed E-state index contributed by atoms with van der Waals surface area (Å²) in [6, 6.07) is 0. The molecule has 5 rings (SSSR count). The van der Waals surface area contributed by atoms with E-state index in [-0.39, 0.29) is 5.60 Å². The number of hydrogen-bond acceptors (Lipinski definition) is 2. The lowest BCUT2D eigenvalue weighted by Gasteiger charge is -2.57. The fraction of sp³-hybridized carbons (Fsp3) is 1.00. The van der Waals surface area contributed by atoms with Crippen molar-refractivity contribution >= 4 is 0 Å². The molecule has 5 fully saturated rings. The molecule has 2 N–H and O–H groups in total. The van der Waals surface area contributed by atoms with Gasteiger partial charge in [0.1, 0.15) is 0 Å². The number of nitrogens with one attached hydrogen (secondary N) is 1. The Kier molecular flexibility index (Phi) is 2.58. The summed E-state index contributed by atoms with van der Waals surface area (Å²) >= 11 is 0. The van der Waals surface area contributed by atoms with Gasteiger partial charge in [-0.2, -0.15) is 0 Å². The predicted molar refractivity (Wildman–Crippen MR) is 72.3 cm³/mol. The van der Waals surface area contributed by atoms with E-state index in [0.717, 1.165) is 37.1 Å². The zero-order valence-electron chi connectivity index (χ0n) is 11.5. The Morgan fingerprint density at radius 2 is 1.39 bits per heavy atom. The summed E-state index contributed by atoms with van der Waals surface area (Å²) in [7, 11) is 0.